The molecule has 1 aromatic rings. The van der Waals surface area contributed by atoms with Crippen molar-refractivity contribution in [2.24, 2.45) is 0 Å². The number of anilines is 1. The Bertz CT molecular complexity index is 442. The van der Waals surface area contributed by atoms with Gasteiger partial charge in [-0.2, -0.15) is 11.8 Å². The van der Waals surface area contributed by atoms with Crippen LogP contribution >= 0.6 is 23.4 Å². The fraction of sp³-hybridized carbons (Fsp3) is 0.571. The monoisotopic (exact) mass is 315 g/mol. The number of hydrogen-bond acceptors (Lipinski definition) is 4. The standard InChI is InChI=1S/C14H22ClN3OS/c1-4-6-16-13-8-11(12(15)9-18-13)14(19)17-7-5-10(2)20-3/h8-10H,4-7H2,1-3H3,(H,16,18)(H,17,19). The Morgan fingerprint density at radius 1 is 1.50 bits per heavy atom. The topological polar surface area (TPSA) is 54.0 Å². The lowest BCUT2D eigenvalue weighted by Gasteiger charge is -2.11. The highest BCUT2D eigenvalue weighted by Crippen LogP contribution is 2.18. The lowest BCUT2D eigenvalue weighted by Crippen LogP contribution is -2.26. The van der Waals surface area contributed by atoms with Crippen LogP contribution in [0.5, 0.6) is 0 Å². The van der Waals surface area contributed by atoms with E-state index in [1.807, 2.05) is 0 Å². The molecule has 1 aromatic heterocycles. The number of nitrogens with one attached hydrogen (secondary N) is 2. The maximum Gasteiger partial charge on any atom is 0.252 e. The van der Waals surface area contributed by atoms with E-state index in [0.29, 0.717) is 28.2 Å². The number of carbonyl (C=O) groups excluding carboxylic acids is 1. The summed E-state index contributed by atoms with van der Waals surface area (Å²) in [5.41, 5.74) is 0.470. The molecule has 4 nitrogen and oxygen atoms in total. The molecular formula is C14H22ClN3OS. The summed E-state index contributed by atoms with van der Waals surface area (Å²) in [4.78, 5) is 16.3. The van der Waals surface area contributed by atoms with E-state index in [1.165, 1.54) is 6.20 Å². The van der Waals surface area contributed by atoms with Gasteiger partial charge in [0.15, 0.2) is 0 Å². The fourth-order valence-corrected chi connectivity index (χ4v) is 2.11. The van der Waals surface area contributed by atoms with E-state index in [-0.39, 0.29) is 5.91 Å². The molecule has 0 radical (unpaired) electrons. The molecule has 20 heavy (non-hydrogen) atoms. The molecule has 6 heteroatoms. The van der Waals surface area contributed by atoms with Crippen molar-refractivity contribution in [2.75, 3.05) is 24.7 Å². The minimum atomic E-state index is -0.148. The number of halogens is 1. The Hall–Kier alpha value is -0.940. The highest BCUT2D eigenvalue weighted by molar-refractivity contribution is 7.99. The molecule has 1 unspecified atom stereocenters. The molecule has 0 aromatic carbocycles. The third kappa shape index (κ3) is 5.59. The molecule has 0 aliphatic carbocycles. The minimum absolute atomic E-state index is 0.148. The first kappa shape index (κ1) is 17.1. The van der Waals surface area contributed by atoms with Crippen LogP contribution in [0, 0.1) is 0 Å². The van der Waals surface area contributed by atoms with E-state index in [9.17, 15) is 4.79 Å². The van der Waals surface area contributed by atoms with Crippen LogP contribution in [0.25, 0.3) is 0 Å². The quantitative estimate of drug-likeness (QED) is 0.771. The van der Waals surface area contributed by atoms with E-state index < -0.39 is 0 Å². The van der Waals surface area contributed by atoms with Gasteiger partial charge in [-0.3, -0.25) is 4.79 Å². The van der Waals surface area contributed by atoms with Crippen LogP contribution in [-0.4, -0.2) is 35.5 Å². The number of pyridine rings is 1. The van der Waals surface area contributed by atoms with Crippen LogP contribution in [0.15, 0.2) is 12.3 Å². The smallest absolute Gasteiger partial charge is 0.252 e. The summed E-state index contributed by atoms with van der Waals surface area (Å²) in [5, 5.41) is 6.95. The van der Waals surface area contributed by atoms with Crippen molar-refractivity contribution in [1.29, 1.82) is 0 Å². The van der Waals surface area contributed by atoms with E-state index >= 15 is 0 Å². The van der Waals surface area contributed by atoms with Gasteiger partial charge in [-0.1, -0.05) is 25.4 Å². The molecule has 112 valence electrons. The van der Waals surface area contributed by atoms with Crippen molar-refractivity contribution in [3.8, 4) is 0 Å². The zero-order chi connectivity index (χ0) is 15.0. The number of hydrogen-bond donors (Lipinski definition) is 2. The summed E-state index contributed by atoms with van der Waals surface area (Å²) in [7, 11) is 0. The molecule has 1 atom stereocenters. The van der Waals surface area contributed by atoms with Crippen molar-refractivity contribution in [1.82, 2.24) is 10.3 Å². The SMILES string of the molecule is CCCNc1cc(C(=O)NCCC(C)SC)c(Cl)cn1. The van der Waals surface area contributed by atoms with Crippen LogP contribution in [0.4, 0.5) is 5.82 Å². The van der Waals surface area contributed by atoms with Gasteiger partial charge >= 0.3 is 0 Å². The third-order valence-corrected chi connectivity index (χ3v) is 4.24. The molecule has 0 aliphatic heterocycles. The molecule has 0 saturated heterocycles. The molecule has 1 amide bonds. The van der Waals surface area contributed by atoms with E-state index in [1.54, 1.807) is 17.8 Å². The number of amides is 1. The zero-order valence-corrected chi connectivity index (χ0v) is 13.8. The van der Waals surface area contributed by atoms with Crippen LogP contribution in [-0.2, 0) is 0 Å². The Balaban J connectivity index is 2.61. The summed E-state index contributed by atoms with van der Waals surface area (Å²) in [6.45, 7) is 5.69. The van der Waals surface area contributed by atoms with Gasteiger partial charge in [0.2, 0.25) is 0 Å². The molecular weight excluding hydrogens is 294 g/mol. The van der Waals surface area contributed by atoms with E-state index in [4.69, 9.17) is 11.6 Å². The summed E-state index contributed by atoms with van der Waals surface area (Å²) >= 11 is 7.83. The Morgan fingerprint density at radius 3 is 2.90 bits per heavy atom. The molecule has 1 rings (SSSR count). The van der Waals surface area contributed by atoms with Gasteiger partial charge in [-0.15, -0.1) is 0 Å². The highest BCUT2D eigenvalue weighted by Gasteiger charge is 2.12. The zero-order valence-electron chi connectivity index (χ0n) is 12.2. The van der Waals surface area contributed by atoms with Crippen molar-refractivity contribution in [2.45, 2.75) is 31.9 Å². The largest absolute Gasteiger partial charge is 0.370 e. The van der Waals surface area contributed by atoms with Gasteiger partial charge in [0.1, 0.15) is 5.82 Å². The summed E-state index contributed by atoms with van der Waals surface area (Å²) in [5.74, 6) is 0.532. The molecule has 0 spiro atoms. The number of aromatic nitrogens is 1. The molecule has 2 N–H and O–H groups in total. The fourth-order valence-electron chi connectivity index (χ4n) is 1.56. The van der Waals surface area contributed by atoms with Gasteiger partial charge in [-0.05, 0) is 25.2 Å². The number of rotatable bonds is 8. The molecule has 1 heterocycles. The van der Waals surface area contributed by atoms with Crippen molar-refractivity contribution in [3.63, 3.8) is 0 Å². The summed E-state index contributed by atoms with van der Waals surface area (Å²) < 4.78 is 0. The van der Waals surface area contributed by atoms with Crippen LogP contribution in [0.2, 0.25) is 5.02 Å². The van der Waals surface area contributed by atoms with E-state index in [0.717, 1.165) is 19.4 Å². The Morgan fingerprint density at radius 2 is 2.25 bits per heavy atom. The van der Waals surface area contributed by atoms with Crippen molar-refractivity contribution < 1.29 is 4.79 Å². The van der Waals surface area contributed by atoms with Crippen LogP contribution < -0.4 is 10.6 Å². The van der Waals surface area contributed by atoms with Crippen LogP contribution in [0.3, 0.4) is 0 Å². The summed E-state index contributed by atoms with van der Waals surface area (Å²) in [6, 6.07) is 1.70. The lowest BCUT2D eigenvalue weighted by molar-refractivity contribution is 0.0953. The maximum atomic E-state index is 12.1. The molecule has 0 aliphatic rings. The molecule has 0 fully saturated rings. The molecule has 0 saturated carbocycles. The van der Waals surface area contributed by atoms with Gasteiger partial charge in [-0.25, -0.2) is 4.98 Å². The summed E-state index contributed by atoms with van der Waals surface area (Å²) in [6.07, 6.45) is 5.52. The van der Waals surface area contributed by atoms with Crippen LogP contribution in [0.1, 0.15) is 37.0 Å². The predicted molar refractivity (Wildman–Crippen MR) is 88.0 cm³/mol. The normalized spacial score (nSPS) is 12.0. The van der Waals surface area contributed by atoms with E-state index in [2.05, 4.69) is 35.7 Å². The second-order valence-corrected chi connectivity index (χ2v) is 6.25. The number of nitrogens with zero attached hydrogens (tertiary/aromatic N) is 1. The van der Waals surface area contributed by atoms with Gasteiger partial charge in [0.25, 0.3) is 5.91 Å². The third-order valence-electron chi connectivity index (χ3n) is 2.89. The van der Waals surface area contributed by atoms with Gasteiger partial charge < -0.3 is 10.6 Å². The van der Waals surface area contributed by atoms with Crippen molar-refractivity contribution in [3.05, 3.63) is 22.8 Å². The number of thioether (sulfide) groups is 1. The lowest BCUT2D eigenvalue weighted by atomic mass is 10.2. The second-order valence-electron chi connectivity index (χ2n) is 4.57. The second kappa shape index (κ2) is 9.08. The molecule has 0 bridgehead atoms. The van der Waals surface area contributed by atoms with Crippen molar-refractivity contribution >= 4 is 35.1 Å². The minimum Gasteiger partial charge on any atom is -0.370 e. The predicted octanol–water partition coefficient (Wildman–Crippen LogP) is 3.43. The Labute approximate surface area is 130 Å². The number of carbonyl (C=O) groups is 1. The Kier molecular flexibility index (Phi) is 7.77. The highest BCUT2D eigenvalue weighted by atomic mass is 35.5. The average Bonchev–Trinajstić information content (AvgIpc) is 2.45. The first-order valence-corrected chi connectivity index (χ1v) is 8.45. The van der Waals surface area contributed by atoms with Gasteiger partial charge in [0.05, 0.1) is 10.6 Å². The maximum absolute atomic E-state index is 12.1. The average molecular weight is 316 g/mol. The van der Waals surface area contributed by atoms with Gasteiger partial charge in [0, 0.05) is 24.5 Å². The first-order chi connectivity index (χ1) is 9.58. The first-order valence-electron chi connectivity index (χ1n) is 6.78.